The number of piperidine rings is 1. The second kappa shape index (κ2) is 7.68. The van der Waals surface area contributed by atoms with Gasteiger partial charge in [0.2, 0.25) is 5.88 Å². The van der Waals surface area contributed by atoms with Crippen molar-refractivity contribution in [2.45, 2.75) is 57.7 Å². The predicted molar refractivity (Wildman–Crippen MR) is 123 cm³/mol. The van der Waals surface area contributed by atoms with Gasteiger partial charge in [0, 0.05) is 50.9 Å². The number of halogens is 1. The van der Waals surface area contributed by atoms with Crippen molar-refractivity contribution in [3.05, 3.63) is 46.3 Å². The topological polar surface area (TPSA) is 75.7 Å². The van der Waals surface area contributed by atoms with Gasteiger partial charge >= 0.3 is 0 Å². The molecule has 4 rings (SSSR count). The Bertz CT molecular complexity index is 967. The van der Waals surface area contributed by atoms with E-state index >= 15 is 0 Å². The van der Waals surface area contributed by atoms with Crippen molar-refractivity contribution in [3.8, 4) is 28.3 Å². The highest BCUT2D eigenvalue weighted by molar-refractivity contribution is 14.1. The van der Waals surface area contributed by atoms with Crippen LogP contribution in [0.4, 0.5) is 0 Å². The van der Waals surface area contributed by atoms with E-state index in [9.17, 15) is 0 Å². The van der Waals surface area contributed by atoms with Gasteiger partial charge < -0.3 is 10.1 Å². The third kappa shape index (κ3) is 4.78. The molecule has 1 fully saturated rings. The zero-order valence-corrected chi connectivity index (χ0v) is 19.3. The molecule has 0 bridgehead atoms. The Morgan fingerprint density at radius 3 is 2.34 bits per heavy atom. The summed E-state index contributed by atoms with van der Waals surface area (Å²) in [5.74, 6) is 0.581. The van der Waals surface area contributed by atoms with Gasteiger partial charge in [-0.1, -0.05) is 12.1 Å². The molecule has 3 aromatic rings. The number of aromatic amines is 1. The first-order chi connectivity index (χ1) is 13.7. The van der Waals surface area contributed by atoms with Gasteiger partial charge in [-0.15, -0.1) is 10.2 Å². The first-order valence-electron chi connectivity index (χ1n) is 9.80. The first-order valence-corrected chi connectivity index (χ1v) is 10.9. The third-order valence-electron chi connectivity index (χ3n) is 5.16. The van der Waals surface area contributed by atoms with Crippen LogP contribution >= 0.6 is 22.6 Å². The molecule has 2 N–H and O–H groups in total. The number of hydrogen-bond acceptors (Lipinski definition) is 5. The fourth-order valence-corrected chi connectivity index (χ4v) is 5.11. The summed E-state index contributed by atoms with van der Waals surface area (Å²) < 4.78 is 7.31. The number of nitrogens with one attached hydrogen (secondary N) is 2. The van der Waals surface area contributed by atoms with Crippen LogP contribution in [0.3, 0.4) is 0 Å². The minimum Gasteiger partial charge on any atom is -0.473 e. The van der Waals surface area contributed by atoms with Crippen LogP contribution in [0.5, 0.6) is 5.88 Å². The molecule has 6 nitrogen and oxygen atoms in total. The molecule has 7 heteroatoms. The Morgan fingerprint density at radius 2 is 1.76 bits per heavy atom. The van der Waals surface area contributed by atoms with Gasteiger partial charge in [-0.2, -0.15) is 5.10 Å². The lowest BCUT2D eigenvalue weighted by Gasteiger charge is -2.46. The maximum Gasteiger partial charge on any atom is 0.233 e. The van der Waals surface area contributed by atoms with E-state index in [0.29, 0.717) is 5.88 Å². The molecular formula is C22H26IN5O. The molecule has 0 atom stereocenters. The normalized spacial score (nSPS) is 18.5. The van der Waals surface area contributed by atoms with Crippen LogP contribution in [-0.4, -0.2) is 37.6 Å². The summed E-state index contributed by atoms with van der Waals surface area (Å²) in [7, 11) is 0. The van der Waals surface area contributed by atoms with Crippen LogP contribution in [0.2, 0.25) is 0 Å². The summed E-state index contributed by atoms with van der Waals surface area (Å²) in [4.78, 5) is 0. The molecule has 0 saturated carbocycles. The fraction of sp³-hybridized carbons (Fsp3) is 0.409. The molecule has 1 aliphatic rings. The second-order valence-electron chi connectivity index (χ2n) is 8.98. The van der Waals surface area contributed by atoms with Gasteiger partial charge in [0.1, 0.15) is 6.10 Å². The minimum atomic E-state index is 0.0344. The molecule has 0 spiro atoms. The van der Waals surface area contributed by atoms with Crippen LogP contribution in [0.25, 0.3) is 22.4 Å². The Labute approximate surface area is 185 Å². The van der Waals surface area contributed by atoms with Gasteiger partial charge in [-0.3, -0.25) is 5.10 Å². The first kappa shape index (κ1) is 20.3. The zero-order chi connectivity index (χ0) is 20.6. The lowest BCUT2D eigenvalue weighted by molar-refractivity contribution is 0.0524. The second-order valence-corrected chi connectivity index (χ2v) is 10.1. The lowest BCUT2D eigenvalue weighted by Crippen LogP contribution is -2.60. The van der Waals surface area contributed by atoms with E-state index in [0.717, 1.165) is 38.8 Å². The highest BCUT2D eigenvalue weighted by Gasteiger charge is 2.38. The van der Waals surface area contributed by atoms with Crippen molar-refractivity contribution >= 4 is 22.6 Å². The third-order valence-corrected chi connectivity index (χ3v) is 6.05. The lowest BCUT2D eigenvalue weighted by atomic mass is 9.81. The molecule has 29 heavy (non-hydrogen) atoms. The standard InChI is InChI=1S/C22H26IN5O/c1-21(2)10-16(11-22(3,4)28-21)29-20-8-7-19(26-27-20)17-6-5-14(9-18(17)23)15-12-24-25-13-15/h5-9,12-13,16,28H,10-11H2,1-4H3,(H,24,25). The predicted octanol–water partition coefficient (Wildman–Crippen LogP) is 4.83. The van der Waals surface area contributed by atoms with E-state index in [-0.39, 0.29) is 17.2 Å². The Kier molecular flexibility index (Phi) is 5.37. The summed E-state index contributed by atoms with van der Waals surface area (Å²) in [6.45, 7) is 8.87. The highest BCUT2D eigenvalue weighted by atomic mass is 127. The van der Waals surface area contributed by atoms with Crippen LogP contribution in [0.15, 0.2) is 42.7 Å². The van der Waals surface area contributed by atoms with Crippen molar-refractivity contribution in [2.24, 2.45) is 0 Å². The summed E-state index contributed by atoms with van der Waals surface area (Å²) >= 11 is 2.34. The molecule has 0 aliphatic carbocycles. The molecule has 1 saturated heterocycles. The van der Waals surface area contributed by atoms with Gasteiger partial charge in [0.15, 0.2) is 0 Å². The molecule has 0 radical (unpaired) electrons. The molecular weight excluding hydrogens is 477 g/mol. The van der Waals surface area contributed by atoms with E-state index in [1.165, 1.54) is 0 Å². The molecule has 152 valence electrons. The van der Waals surface area contributed by atoms with Crippen molar-refractivity contribution < 1.29 is 4.74 Å². The average molecular weight is 503 g/mol. The smallest absolute Gasteiger partial charge is 0.233 e. The van der Waals surface area contributed by atoms with Crippen LogP contribution in [0, 0.1) is 3.57 Å². The number of H-pyrrole nitrogens is 1. The SMILES string of the molecule is CC1(C)CC(Oc2ccc(-c3ccc(-c4cn[nH]c4)cc3I)nn2)CC(C)(C)N1. The number of nitrogens with zero attached hydrogens (tertiary/aromatic N) is 3. The Morgan fingerprint density at radius 1 is 1.00 bits per heavy atom. The molecule has 2 aromatic heterocycles. The van der Waals surface area contributed by atoms with Crippen LogP contribution in [0.1, 0.15) is 40.5 Å². The Balaban J connectivity index is 1.50. The largest absolute Gasteiger partial charge is 0.473 e. The van der Waals surface area contributed by atoms with Crippen molar-refractivity contribution in [1.29, 1.82) is 0 Å². The number of ether oxygens (including phenoxy) is 1. The fourth-order valence-electron chi connectivity index (χ4n) is 4.32. The van der Waals surface area contributed by atoms with Gasteiger partial charge in [-0.05, 0) is 68.0 Å². The highest BCUT2D eigenvalue weighted by Crippen LogP contribution is 2.32. The molecule has 3 heterocycles. The summed E-state index contributed by atoms with van der Waals surface area (Å²) in [5, 5.41) is 19.3. The maximum atomic E-state index is 6.19. The monoisotopic (exact) mass is 503 g/mol. The number of benzene rings is 1. The molecule has 1 aliphatic heterocycles. The van der Waals surface area contributed by atoms with Crippen molar-refractivity contribution in [2.75, 3.05) is 0 Å². The minimum absolute atomic E-state index is 0.0344. The molecule has 1 aromatic carbocycles. The summed E-state index contributed by atoms with van der Waals surface area (Å²) in [6.07, 6.45) is 5.71. The number of hydrogen-bond donors (Lipinski definition) is 2. The van der Waals surface area contributed by atoms with E-state index in [4.69, 9.17) is 4.74 Å². The van der Waals surface area contributed by atoms with Gasteiger partial charge in [0.25, 0.3) is 0 Å². The zero-order valence-electron chi connectivity index (χ0n) is 17.2. The molecule has 0 unspecified atom stereocenters. The quantitative estimate of drug-likeness (QED) is 0.500. The summed E-state index contributed by atoms with van der Waals surface area (Å²) in [6, 6.07) is 10.2. The number of rotatable bonds is 4. The van der Waals surface area contributed by atoms with Crippen LogP contribution in [-0.2, 0) is 0 Å². The average Bonchev–Trinajstić information content (AvgIpc) is 3.14. The van der Waals surface area contributed by atoms with Crippen LogP contribution < -0.4 is 10.1 Å². The maximum absolute atomic E-state index is 6.19. The van der Waals surface area contributed by atoms with Gasteiger partial charge in [0.05, 0.1) is 11.9 Å². The Hall–Kier alpha value is -2.00. The van der Waals surface area contributed by atoms with Gasteiger partial charge in [-0.25, -0.2) is 0 Å². The molecule has 0 amide bonds. The van der Waals surface area contributed by atoms with Crippen molar-refractivity contribution in [3.63, 3.8) is 0 Å². The van der Waals surface area contributed by atoms with E-state index in [2.05, 4.69) is 94.2 Å². The number of aromatic nitrogens is 4. The summed E-state index contributed by atoms with van der Waals surface area (Å²) in [5.41, 5.74) is 4.15. The van der Waals surface area contributed by atoms with E-state index < -0.39 is 0 Å². The van der Waals surface area contributed by atoms with E-state index in [1.807, 2.05) is 24.5 Å². The van der Waals surface area contributed by atoms with E-state index in [1.54, 1.807) is 0 Å². The van der Waals surface area contributed by atoms with Crippen molar-refractivity contribution in [1.82, 2.24) is 25.7 Å².